The van der Waals surface area contributed by atoms with E-state index in [9.17, 15) is 51.4 Å². The van der Waals surface area contributed by atoms with Crippen molar-refractivity contribution < 1.29 is 60.6 Å². The van der Waals surface area contributed by atoms with E-state index in [1.54, 1.807) is 60.0 Å². The second kappa shape index (κ2) is 29.9. The average Bonchev–Trinajstić information content (AvgIpc) is 3.70. The van der Waals surface area contributed by atoms with E-state index in [0.29, 0.717) is 60.4 Å². The van der Waals surface area contributed by atoms with Gasteiger partial charge >= 0.3 is 11.9 Å². The third-order valence-electron chi connectivity index (χ3n) is 14.5. The van der Waals surface area contributed by atoms with Crippen LogP contribution in [0.1, 0.15) is 165 Å². The minimum Gasteiger partial charge on any atom is -0.481 e. The van der Waals surface area contributed by atoms with Crippen molar-refractivity contribution >= 4 is 43.9 Å². The van der Waals surface area contributed by atoms with Crippen molar-refractivity contribution in [3.63, 3.8) is 0 Å². The van der Waals surface area contributed by atoms with Gasteiger partial charge < -0.3 is 34.7 Å². The summed E-state index contributed by atoms with van der Waals surface area (Å²) in [4.78, 5) is 81.2. The van der Waals surface area contributed by atoms with Crippen LogP contribution in [0.25, 0.3) is 0 Å². The van der Waals surface area contributed by atoms with Gasteiger partial charge in [0.05, 0.1) is 30.0 Å². The molecule has 4 aromatic carbocycles. The number of amides is 4. The summed E-state index contributed by atoms with van der Waals surface area (Å²) in [7, 11) is -2.51. The van der Waals surface area contributed by atoms with Crippen molar-refractivity contribution in [1.29, 1.82) is 0 Å². The van der Waals surface area contributed by atoms with E-state index in [1.807, 2.05) is 54.6 Å². The number of benzene rings is 4. The summed E-state index contributed by atoms with van der Waals surface area (Å²) >= 11 is 0. The molecular weight excluding hydrogens is 1050 g/mol. The summed E-state index contributed by atoms with van der Waals surface area (Å²) in [5.74, 6) is -6.74. The zero-order chi connectivity index (χ0) is 59.8. The van der Waals surface area contributed by atoms with Gasteiger partial charge in [-0.3, -0.25) is 28.8 Å². The van der Waals surface area contributed by atoms with Gasteiger partial charge in [-0.05, 0) is 166 Å². The SMILES string of the molecule is CCCN(CCC)C(=O)c1cc(C)cc(C(=O)N[C@@H](Cc2cc(F)cc(F)c2)[C@@H]2C[C@H](C)C(=O)O2)c1.CCCN(CCC)C(=O)c1cc(C)cc(C(=O)N[C@@H](Cc2cc(F)cc(F)c2)[C@H](C[C@H](C)C(=O)O)O[Si](C)(C)C(C)(C)C)c1. The maximum atomic E-state index is 14.2. The van der Waals surface area contributed by atoms with Gasteiger partial charge in [-0.15, -0.1) is 0 Å². The quantitative estimate of drug-likeness (QED) is 0.0332. The molecule has 0 unspecified atom stereocenters. The van der Waals surface area contributed by atoms with Crippen molar-refractivity contribution in [2.75, 3.05) is 26.2 Å². The van der Waals surface area contributed by atoms with Crippen LogP contribution >= 0.6 is 0 Å². The molecule has 0 saturated carbocycles. The molecule has 438 valence electrons. The monoisotopic (exact) mass is 1130 g/mol. The van der Waals surface area contributed by atoms with Crippen LogP contribution in [-0.4, -0.2) is 109 Å². The van der Waals surface area contributed by atoms with E-state index in [4.69, 9.17) is 9.16 Å². The van der Waals surface area contributed by atoms with Crippen LogP contribution in [0.5, 0.6) is 0 Å². The number of rotatable bonds is 25. The minimum atomic E-state index is -2.51. The first-order chi connectivity index (χ1) is 37.5. The smallest absolute Gasteiger partial charge is 0.309 e. The molecule has 5 rings (SSSR count). The number of aryl methyl sites for hydroxylation is 2. The van der Waals surface area contributed by atoms with Crippen LogP contribution in [0, 0.1) is 49.0 Å². The molecule has 1 heterocycles. The summed E-state index contributed by atoms with van der Waals surface area (Å²) in [5.41, 5.74) is 3.49. The Balaban J connectivity index is 0.000000351. The fourth-order valence-electron chi connectivity index (χ4n) is 9.47. The predicted molar refractivity (Wildman–Crippen MR) is 305 cm³/mol. The van der Waals surface area contributed by atoms with E-state index in [2.05, 4.69) is 31.4 Å². The van der Waals surface area contributed by atoms with Crippen molar-refractivity contribution in [2.24, 2.45) is 11.8 Å². The number of hydrogen-bond donors (Lipinski definition) is 3. The first kappa shape index (κ1) is 66.1. The number of halogens is 4. The number of carboxylic acid groups (broad SMARTS) is 1. The molecule has 13 nitrogen and oxygen atoms in total. The Morgan fingerprint density at radius 3 is 1.44 bits per heavy atom. The molecule has 0 bridgehead atoms. The molecule has 4 amide bonds. The molecular formula is C62H84F4N4O9Si. The van der Waals surface area contributed by atoms with Crippen LogP contribution in [0.2, 0.25) is 18.1 Å². The lowest BCUT2D eigenvalue weighted by atomic mass is 9.93. The zero-order valence-corrected chi connectivity index (χ0v) is 50.0. The molecule has 0 radical (unpaired) electrons. The van der Waals surface area contributed by atoms with E-state index in [0.717, 1.165) is 48.9 Å². The van der Waals surface area contributed by atoms with Crippen molar-refractivity contribution in [1.82, 2.24) is 20.4 Å². The molecule has 18 heteroatoms. The van der Waals surface area contributed by atoms with Gasteiger partial charge in [0.2, 0.25) is 0 Å². The molecule has 0 spiro atoms. The number of aliphatic carboxylic acids is 1. The van der Waals surface area contributed by atoms with Crippen LogP contribution in [0.4, 0.5) is 17.6 Å². The van der Waals surface area contributed by atoms with Crippen LogP contribution in [0.15, 0.2) is 72.8 Å². The second-order valence-electron chi connectivity index (χ2n) is 22.9. The van der Waals surface area contributed by atoms with Crippen molar-refractivity contribution in [3.8, 4) is 0 Å². The Bertz CT molecular complexity index is 2750. The molecule has 1 saturated heterocycles. The van der Waals surface area contributed by atoms with E-state index < -0.39 is 79.6 Å². The fraction of sp³-hybridized carbons (Fsp3) is 0.516. The molecule has 80 heavy (non-hydrogen) atoms. The Labute approximate surface area is 471 Å². The standard InChI is InChI=1S/C34H50F2N2O5Si.C28H34F2N2O4/c1-10-12-38(13-11-2)32(40)26-15-22(3)14-25(20-26)31(39)37-29(19-24-17-27(35)21-28(36)18-24)30(16-23(4)33(41)42)43-44(8,9)34(5,6)7;1-5-7-32(8-6-2)27(34)21-10-17(3)9-20(15-21)26(33)31-24(25-11-18(4)28(35)36-25)14-19-12-22(29)16-23(30)13-19/h14-15,17-18,20-21,23,29-30H,10-13,16,19H2,1-9H3,(H,37,39)(H,41,42);9-10,12-13,15-16,18,24-25H,5-8,11,14H2,1-4H3,(H,31,33)/t23-,29-,30-;18-,24-,25-/m00/s1. The number of carboxylic acids is 1. The molecule has 1 aliphatic rings. The molecule has 0 aliphatic carbocycles. The zero-order valence-electron chi connectivity index (χ0n) is 49.0. The van der Waals surface area contributed by atoms with Gasteiger partial charge in [0.25, 0.3) is 23.6 Å². The summed E-state index contributed by atoms with van der Waals surface area (Å²) in [6.07, 6.45) is 2.37. The largest absolute Gasteiger partial charge is 0.481 e. The lowest BCUT2D eigenvalue weighted by Crippen LogP contribution is -2.53. The predicted octanol–water partition coefficient (Wildman–Crippen LogP) is 12.2. The summed E-state index contributed by atoms with van der Waals surface area (Å²) in [5, 5.41) is 15.4. The molecule has 1 aliphatic heterocycles. The number of esters is 1. The maximum absolute atomic E-state index is 14.2. The topological polar surface area (TPSA) is 172 Å². The van der Waals surface area contributed by atoms with E-state index in [1.165, 1.54) is 24.3 Å². The van der Waals surface area contributed by atoms with Crippen LogP contribution in [0.3, 0.4) is 0 Å². The fourth-order valence-corrected chi connectivity index (χ4v) is 10.8. The molecule has 6 atom stereocenters. The van der Waals surface area contributed by atoms with Gasteiger partial charge in [-0.1, -0.05) is 62.3 Å². The van der Waals surface area contributed by atoms with Crippen molar-refractivity contribution in [2.45, 2.75) is 170 Å². The molecule has 0 aromatic heterocycles. The number of nitrogens with one attached hydrogen (secondary N) is 2. The molecule has 3 N–H and O–H groups in total. The Kier molecular flexibility index (Phi) is 24.7. The van der Waals surface area contributed by atoms with Crippen molar-refractivity contribution in [3.05, 3.63) is 141 Å². The minimum absolute atomic E-state index is 0.00439. The summed E-state index contributed by atoms with van der Waals surface area (Å²) in [6, 6.07) is 14.8. The van der Waals surface area contributed by atoms with E-state index >= 15 is 0 Å². The van der Waals surface area contributed by atoms with Crippen LogP contribution < -0.4 is 10.6 Å². The molecule has 1 fully saturated rings. The number of cyclic esters (lactones) is 1. The number of ether oxygens (including phenoxy) is 1. The lowest BCUT2D eigenvalue weighted by Gasteiger charge is -2.42. The van der Waals surface area contributed by atoms with Crippen LogP contribution in [-0.2, 0) is 31.6 Å². The average molecular weight is 1130 g/mol. The van der Waals surface area contributed by atoms with Gasteiger partial charge in [0.15, 0.2) is 8.32 Å². The highest BCUT2D eigenvalue weighted by atomic mass is 28.4. The van der Waals surface area contributed by atoms with Gasteiger partial charge in [0, 0.05) is 60.6 Å². The van der Waals surface area contributed by atoms with Gasteiger partial charge in [-0.2, -0.15) is 0 Å². The number of carbonyl (C=O) groups is 6. The van der Waals surface area contributed by atoms with Gasteiger partial charge in [-0.25, -0.2) is 17.6 Å². The Hall–Kier alpha value is -6.40. The number of nitrogens with zero attached hydrogens (tertiary/aromatic N) is 2. The summed E-state index contributed by atoms with van der Waals surface area (Å²) < 4.78 is 68.3. The first-order valence-corrected chi connectivity index (χ1v) is 30.8. The Morgan fingerprint density at radius 1 is 0.662 bits per heavy atom. The number of carbonyl (C=O) groups excluding carboxylic acids is 5. The number of hydrogen-bond acceptors (Lipinski definition) is 8. The lowest BCUT2D eigenvalue weighted by molar-refractivity contribution is -0.145. The maximum Gasteiger partial charge on any atom is 0.309 e. The van der Waals surface area contributed by atoms with E-state index in [-0.39, 0.29) is 53.6 Å². The van der Waals surface area contributed by atoms with Gasteiger partial charge in [0.1, 0.15) is 29.4 Å². The summed E-state index contributed by atoms with van der Waals surface area (Å²) in [6.45, 7) is 27.6. The first-order valence-electron chi connectivity index (χ1n) is 27.9. The normalized spacial score (nSPS) is 15.8. The second-order valence-corrected chi connectivity index (χ2v) is 27.6. The third kappa shape index (κ3) is 19.4. The third-order valence-corrected chi connectivity index (χ3v) is 19.0. The highest BCUT2D eigenvalue weighted by Crippen LogP contribution is 2.39. The highest BCUT2D eigenvalue weighted by molar-refractivity contribution is 6.74. The Morgan fingerprint density at radius 2 is 1.06 bits per heavy atom. The molecule has 4 aromatic rings. The highest BCUT2D eigenvalue weighted by Gasteiger charge is 2.42.